The number of pyridine rings is 1. The topological polar surface area (TPSA) is 97.3 Å². The summed E-state index contributed by atoms with van der Waals surface area (Å²) in [6.07, 6.45) is 5.14. The minimum atomic E-state index is 0. The van der Waals surface area contributed by atoms with Gasteiger partial charge in [-0.15, -0.1) is 44.4 Å². The summed E-state index contributed by atoms with van der Waals surface area (Å²) in [5.41, 5.74) is 0.829. The van der Waals surface area contributed by atoms with E-state index in [1.807, 2.05) is 59.1 Å². The van der Waals surface area contributed by atoms with Crippen molar-refractivity contribution in [2.75, 3.05) is 18.6 Å². The molecule has 0 amide bonds. The molecule has 0 aliphatic heterocycles. The first-order chi connectivity index (χ1) is 13.2. The standard InChI is InChI=1S/C17H25N9S.HI/c1-13-21-23-15(25(13)2)11-19-17(18-8-6-10-27-3)20-12-16-24-22-14-7-4-5-9-26(14)16;/h4-5,7,9H,6,8,10-12H2,1-3H3,(H2,18,19,20);1H. The van der Waals surface area contributed by atoms with Crippen LogP contribution in [0.3, 0.4) is 0 Å². The Balaban J connectivity index is 0.00000280. The number of hydrogen-bond acceptors (Lipinski definition) is 6. The molecule has 2 N–H and O–H groups in total. The van der Waals surface area contributed by atoms with Crippen molar-refractivity contribution in [3.63, 3.8) is 0 Å². The Hall–Kier alpha value is -1.89. The average molecular weight is 515 g/mol. The second-order valence-electron chi connectivity index (χ2n) is 6.06. The molecule has 3 heterocycles. The van der Waals surface area contributed by atoms with Gasteiger partial charge in [0.15, 0.2) is 23.3 Å². The van der Waals surface area contributed by atoms with E-state index in [0.29, 0.717) is 13.1 Å². The summed E-state index contributed by atoms with van der Waals surface area (Å²) in [6, 6.07) is 5.85. The van der Waals surface area contributed by atoms with Crippen molar-refractivity contribution < 1.29 is 0 Å². The molecular weight excluding hydrogens is 489 g/mol. The zero-order valence-electron chi connectivity index (χ0n) is 16.3. The molecule has 0 aromatic carbocycles. The third-order valence-corrected chi connectivity index (χ3v) is 4.87. The molecule has 0 saturated carbocycles. The number of halogens is 1. The molecule has 0 fully saturated rings. The Morgan fingerprint density at radius 1 is 1.14 bits per heavy atom. The van der Waals surface area contributed by atoms with Gasteiger partial charge in [-0.1, -0.05) is 6.07 Å². The number of guanidine groups is 1. The van der Waals surface area contributed by atoms with Gasteiger partial charge < -0.3 is 15.2 Å². The van der Waals surface area contributed by atoms with Gasteiger partial charge in [-0.05, 0) is 37.5 Å². The third-order valence-electron chi connectivity index (χ3n) is 4.18. The van der Waals surface area contributed by atoms with Crippen LogP contribution < -0.4 is 10.6 Å². The van der Waals surface area contributed by atoms with Crippen molar-refractivity contribution in [3.05, 3.63) is 41.9 Å². The van der Waals surface area contributed by atoms with Gasteiger partial charge in [0, 0.05) is 19.8 Å². The normalized spacial score (nSPS) is 11.5. The number of nitrogens with zero attached hydrogens (tertiary/aromatic N) is 7. The van der Waals surface area contributed by atoms with Gasteiger partial charge in [0.25, 0.3) is 0 Å². The minimum Gasteiger partial charge on any atom is -0.356 e. The number of aryl methyl sites for hydroxylation is 1. The van der Waals surface area contributed by atoms with Crippen LogP contribution in [0.15, 0.2) is 29.4 Å². The summed E-state index contributed by atoms with van der Waals surface area (Å²) in [6.45, 7) is 3.76. The van der Waals surface area contributed by atoms with Gasteiger partial charge in [-0.3, -0.25) is 4.40 Å². The molecule has 0 atom stereocenters. The summed E-state index contributed by atoms with van der Waals surface area (Å²) >= 11 is 1.84. The summed E-state index contributed by atoms with van der Waals surface area (Å²) < 4.78 is 3.91. The molecular formula is C17H26IN9S. The van der Waals surface area contributed by atoms with Crippen LogP contribution in [0, 0.1) is 6.92 Å². The number of aliphatic imine (C=N–C) groups is 1. The number of nitrogens with one attached hydrogen (secondary N) is 2. The second-order valence-corrected chi connectivity index (χ2v) is 7.04. The second kappa shape index (κ2) is 11.2. The van der Waals surface area contributed by atoms with Crippen LogP contribution in [0.5, 0.6) is 0 Å². The molecule has 0 spiro atoms. The van der Waals surface area contributed by atoms with E-state index in [1.54, 1.807) is 0 Å². The maximum absolute atomic E-state index is 4.65. The lowest BCUT2D eigenvalue weighted by atomic mass is 10.4. The quantitative estimate of drug-likeness (QED) is 0.204. The molecule has 28 heavy (non-hydrogen) atoms. The zero-order chi connectivity index (χ0) is 19.1. The number of rotatable bonds is 8. The third kappa shape index (κ3) is 5.80. The van der Waals surface area contributed by atoms with Crippen LogP contribution in [0.25, 0.3) is 5.65 Å². The monoisotopic (exact) mass is 515 g/mol. The smallest absolute Gasteiger partial charge is 0.192 e. The fourth-order valence-corrected chi connectivity index (χ4v) is 2.94. The van der Waals surface area contributed by atoms with Gasteiger partial charge in [0.2, 0.25) is 0 Å². The summed E-state index contributed by atoms with van der Waals surface area (Å²) in [5.74, 6) is 4.36. The summed E-state index contributed by atoms with van der Waals surface area (Å²) in [5, 5.41) is 23.4. The van der Waals surface area contributed by atoms with Crippen molar-refractivity contribution in [2.45, 2.75) is 26.4 Å². The Morgan fingerprint density at radius 3 is 2.71 bits per heavy atom. The SMILES string of the molecule is CSCCCNC(=NCc1nnc(C)n1C)NCc1nnc2ccccn12.I. The van der Waals surface area contributed by atoms with E-state index in [0.717, 1.165) is 47.8 Å². The highest BCUT2D eigenvalue weighted by atomic mass is 127. The lowest BCUT2D eigenvalue weighted by molar-refractivity contribution is 0.730. The molecule has 0 bridgehead atoms. The molecule has 0 radical (unpaired) electrons. The molecule has 152 valence electrons. The predicted octanol–water partition coefficient (Wildman–Crippen LogP) is 1.77. The molecule has 3 aromatic heterocycles. The first-order valence-corrected chi connectivity index (χ1v) is 10.2. The van der Waals surface area contributed by atoms with E-state index in [2.05, 4.69) is 42.3 Å². The highest BCUT2D eigenvalue weighted by molar-refractivity contribution is 14.0. The van der Waals surface area contributed by atoms with Crippen LogP contribution in [0.4, 0.5) is 0 Å². The van der Waals surface area contributed by atoms with Crippen LogP contribution in [-0.4, -0.2) is 53.9 Å². The van der Waals surface area contributed by atoms with Gasteiger partial charge in [0.1, 0.15) is 12.4 Å². The lowest BCUT2D eigenvalue weighted by Crippen LogP contribution is -2.38. The van der Waals surface area contributed by atoms with E-state index < -0.39 is 0 Å². The van der Waals surface area contributed by atoms with Crippen LogP contribution in [0.2, 0.25) is 0 Å². The molecule has 0 aliphatic rings. The first-order valence-electron chi connectivity index (χ1n) is 8.83. The van der Waals surface area contributed by atoms with Gasteiger partial charge in [-0.25, -0.2) is 4.99 Å². The molecule has 9 nitrogen and oxygen atoms in total. The maximum Gasteiger partial charge on any atom is 0.192 e. The summed E-state index contributed by atoms with van der Waals surface area (Å²) in [7, 11) is 1.95. The van der Waals surface area contributed by atoms with Gasteiger partial charge in [-0.2, -0.15) is 11.8 Å². The van der Waals surface area contributed by atoms with Crippen LogP contribution in [-0.2, 0) is 20.1 Å². The zero-order valence-corrected chi connectivity index (χ0v) is 19.4. The first kappa shape index (κ1) is 22.4. The largest absolute Gasteiger partial charge is 0.356 e. The molecule has 3 rings (SSSR count). The Kier molecular flexibility index (Phi) is 8.96. The van der Waals surface area contributed by atoms with Gasteiger partial charge in [0.05, 0.1) is 6.54 Å². The van der Waals surface area contributed by atoms with E-state index in [1.165, 1.54) is 0 Å². The summed E-state index contributed by atoms with van der Waals surface area (Å²) in [4.78, 5) is 4.65. The molecule has 0 saturated heterocycles. The van der Waals surface area contributed by atoms with E-state index in [9.17, 15) is 0 Å². The highest BCUT2D eigenvalue weighted by Crippen LogP contribution is 2.03. The Morgan fingerprint density at radius 2 is 1.96 bits per heavy atom. The van der Waals surface area contributed by atoms with Crippen molar-refractivity contribution >= 4 is 47.3 Å². The molecule has 0 unspecified atom stereocenters. The number of hydrogen-bond donors (Lipinski definition) is 2. The Bertz CT molecular complexity index is 905. The average Bonchev–Trinajstić information content (AvgIpc) is 3.24. The van der Waals surface area contributed by atoms with Crippen molar-refractivity contribution in [3.8, 4) is 0 Å². The number of fused-ring (bicyclic) bond motifs is 1. The number of aromatic nitrogens is 6. The van der Waals surface area contributed by atoms with Crippen LogP contribution in [0.1, 0.15) is 23.9 Å². The number of thioether (sulfide) groups is 1. The minimum absolute atomic E-state index is 0. The van der Waals surface area contributed by atoms with E-state index in [-0.39, 0.29) is 24.0 Å². The Labute approximate surface area is 185 Å². The lowest BCUT2D eigenvalue weighted by Gasteiger charge is -2.12. The van der Waals surface area contributed by atoms with Crippen molar-refractivity contribution in [2.24, 2.45) is 12.0 Å². The predicted molar refractivity (Wildman–Crippen MR) is 123 cm³/mol. The maximum atomic E-state index is 4.65. The highest BCUT2D eigenvalue weighted by Gasteiger charge is 2.08. The van der Waals surface area contributed by atoms with E-state index >= 15 is 0 Å². The fourth-order valence-electron chi connectivity index (χ4n) is 2.51. The van der Waals surface area contributed by atoms with E-state index in [4.69, 9.17) is 0 Å². The molecule has 11 heteroatoms. The van der Waals surface area contributed by atoms with Crippen LogP contribution >= 0.6 is 35.7 Å². The molecule has 3 aromatic rings. The van der Waals surface area contributed by atoms with Crippen molar-refractivity contribution in [1.82, 2.24) is 40.0 Å². The molecule has 0 aliphatic carbocycles. The fraction of sp³-hybridized carbons (Fsp3) is 0.471. The van der Waals surface area contributed by atoms with Crippen molar-refractivity contribution in [1.29, 1.82) is 0 Å². The van der Waals surface area contributed by atoms with Gasteiger partial charge >= 0.3 is 0 Å².